The highest BCUT2D eigenvalue weighted by Crippen LogP contribution is 2.26. The van der Waals surface area contributed by atoms with Crippen LogP contribution in [0.1, 0.15) is 13.8 Å². The molecule has 0 amide bonds. The molecule has 2 aromatic rings. The van der Waals surface area contributed by atoms with Gasteiger partial charge in [-0.15, -0.1) is 10.2 Å². The van der Waals surface area contributed by atoms with E-state index in [1.54, 1.807) is 12.1 Å². The molecule has 102 valence electrons. The monoisotopic (exact) mass is 264 g/mol. The molecule has 19 heavy (non-hydrogen) atoms. The van der Waals surface area contributed by atoms with Gasteiger partial charge in [-0.2, -0.15) is 0 Å². The minimum atomic E-state index is -0.388. The number of nitrogens with zero attached hydrogens (tertiary/aromatic N) is 3. The van der Waals surface area contributed by atoms with Crippen molar-refractivity contribution < 1.29 is 9.13 Å². The Morgan fingerprint density at radius 3 is 2.74 bits per heavy atom. The van der Waals surface area contributed by atoms with Gasteiger partial charge in [-0.3, -0.25) is 4.57 Å². The van der Waals surface area contributed by atoms with Crippen LogP contribution in [0, 0.1) is 5.82 Å². The van der Waals surface area contributed by atoms with Crippen molar-refractivity contribution in [3.05, 3.63) is 24.0 Å². The van der Waals surface area contributed by atoms with Gasteiger partial charge in [0.05, 0.1) is 7.11 Å². The zero-order valence-electron chi connectivity index (χ0n) is 11.3. The molecule has 5 nitrogen and oxygen atoms in total. The molecule has 2 rings (SSSR count). The van der Waals surface area contributed by atoms with E-state index in [-0.39, 0.29) is 11.6 Å². The van der Waals surface area contributed by atoms with Crippen LogP contribution in [0.2, 0.25) is 0 Å². The van der Waals surface area contributed by atoms with Crippen LogP contribution in [0.5, 0.6) is 5.75 Å². The second-order valence-corrected chi connectivity index (χ2v) is 3.97. The van der Waals surface area contributed by atoms with Gasteiger partial charge in [0, 0.05) is 18.7 Å². The van der Waals surface area contributed by atoms with E-state index >= 15 is 0 Å². The summed E-state index contributed by atoms with van der Waals surface area (Å²) in [6.07, 6.45) is 0. The van der Waals surface area contributed by atoms with Crippen molar-refractivity contribution in [1.82, 2.24) is 14.8 Å². The number of halogens is 1. The fraction of sp³-hybridized carbons (Fsp3) is 0.385. The molecule has 0 bridgehead atoms. The molecule has 0 spiro atoms. The van der Waals surface area contributed by atoms with E-state index in [0.29, 0.717) is 11.8 Å². The Hall–Kier alpha value is -2.11. The summed E-state index contributed by atoms with van der Waals surface area (Å²) >= 11 is 0. The maximum Gasteiger partial charge on any atom is 0.224 e. The minimum Gasteiger partial charge on any atom is -0.494 e. The van der Waals surface area contributed by atoms with Gasteiger partial charge >= 0.3 is 0 Å². The molecule has 1 aromatic carbocycles. The molecule has 0 aliphatic heterocycles. The van der Waals surface area contributed by atoms with E-state index in [9.17, 15) is 4.39 Å². The number of benzene rings is 1. The lowest BCUT2D eigenvalue weighted by Gasteiger charge is -2.09. The van der Waals surface area contributed by atoms with E-state index in [1.807, 2.05) is 18.4 Å². The van der Waals surface area contributed by atoms with Crippen LogP contribution in [0.25, 0.3) is 11.4 Å². The first kappa shape index (κ1) is 13.3. The summed E-state index contributed by atoms with van der Waals surface area (Å²) in [6.45, 7) is 5.50. The van der Waals surface area contributed by atoms with Crippen LogP contribution in [-0.2, 0) is 6.54 Å². The number of methoxy groups -OCH3 is 1. The van der Waals surface area contributed by atoms with Crippen LogP contribution >= 0.6 is 0 Å². The standard InChI is InChI=1S/C13H17FN4O/c1-4-15-13-17-16-12(18(13)5-2)9-6-7-10(14)11(8-9)19-3/h6-8H,4-5H2,1-3H3,(H,15,17). The summed E-state index contributed by atoms with van der Waals surface area (Å²) in [5, 5.41) is 11.4. The van der Waals surface area contributed by atoms with Crippen molar-refractivity contribution in [3.63, 3.8) is 0 Å². The minimum absolute atomic E-state index is 0.202. The lowest BCUT2D eigenvalue weighted by molar-refractivity contribution is 0.386. The Morgan fingerprint density at radius 2 is 2.11 bits per heavy atom. The SMILES string of the molecule is CCNc1nnc(-c2ccc(F)c(OC)c2)n1CC. The van der Waals surface area contributed by atoms with Crippen LogP contribution in [0.15, 0.2) is 18.2 Å². The number of anilines is 1. The second kappa shape index (κ2) is 5.69. The number of hydrogen-bond donors (Lipinski definition) is 1. The molecule has 0 saturated carbocycles. The van der Waals surface area contributed by atoms with Crippen LogP contribution in [0.4, 0.5) is 10.3 Å². The summed E-state index contributed by atoms with van der Waals surface area (Å²) in [6, 6.07) is 4.67. The fourth-order valence-electron chi connectivity index (χ4n) is 1.90. The molecule has 0 fully saturated rings. The third-order valence-electron chi connectivity index (χ3n) is 2.81. The van der Waals surface area contributed by atoms with Crippen molar-refractivity contribution in [3.8, 4) is 17.1 Å². The van der Waals surface area contributed by atoms with Gasteiger partial charge in [0.15, 0.2) is 17.4 Å². The van der Waals surface area contributed by atoms with Crippen molar-refractivity contribution >= 4 is 5.95 Å². The predicted molar refractivity (Wildman–Crippen MR) is 71.8 cm³/mol. The quantitative estimate of drug-likeness (QED) is 0.901. The van der Waals surface area contributed by atoms with Gasteiger partial charge in [0.25, 0.3) is 0 Å². The van der Waals surface area contributed by atoms with Crippen molar-refractivity contribution in [2.75, 3.05) is 19.0 Å². The zero-order valence-corrected chi connectivity index (χ0v) is 11.3. The first-order chi connectivity index (χ1) is 9.21. The Morgan fingerprint density at radius 1 is 1.32 bits per heavy atom. The van der Waals surface area contributed by atoms with E-state index in [4.69, 9.17) is 4.74 Å². The van der Waals surface area contributed by atoms with E-state index in [2.05, 4.69) is 15.5 Å². The first-order valence-electron chi connectivity index (χ1n) is 6.22. The Kier molecular flexibility index (Phi) is 3.99. The Bertz CT molecular complexity index is 568. The summed E-state index contributed by atoms with van der Waals surface area (Å²) in [4.78, 5) is 0. The van der Waals surface area contributed by atoms with Gasteiger partial charge < -0.3 is 10.1 Å². The maximum atomic E-state index is 13.4. The number of rotatable bonds is 5. The zero-order chi connectivity index (χ0) is 13.8. The van der Waals surface area contributed by atoms with Gasteiger partial charge in [-0.25, -0.2) is 4.39 Å². The average Bonchev–Trinajstić information content (AvgIpc) is 2.82. The fourth-order valence-corrected chi connectivity index (χ4v) is 1.90. The molecular formula is C13H17FN4O. The topological polar surface area (TPSA) is 52.0 Å². The third-order valence-corrected chi connectivity index (χ3v) is 2.81. The highest BCUT2D eigenvalue weighted by Gasteiger charge is 2.14. The number of aromatic nitrogens is 3. The van der Waals surface area contributed by atoms with Crippen LogP contribution < -0.4 is 10.1 Å². The highest BCUT2D eigenvalue weighted by molar-refractivity contribution is 5.60. The molecule has 1 aromatic heterocycles. The van der Waals surface area contributed by atoms with Crippen LogP contribution in [0.3, 0.4) is 0 Å². The summed E-state index contributed by atoms with van der Waals surface area (Å²) in [7, 11) is 1.44. The Labute approximate surface area is 111 Å². The van der Waals surface area contributed by atoms with E-state index < -0.39 is 0 Å². The summed E-state index contributed by atoms with van der Waals surface area (Å²) in [5.41, 5.74) is 0.775. The van der Waals surface area contributed by atoms with Gasteiger partial charge in [0.1, 0.15) is 0 Å². The number of ether oxygens (including phenoxy) is 1. The molecule has 0 unspecified atom stereocenters. The second-order valence-electron chi connectivity index (χ2n) is 3.97. The normalized spacial score (nSPS) is 10.5. The van der Waals surface area contributed by atoms with Gasteiger partial charge in [-0.05, 0) is 32.0 Å². The van der Waals surface area contributed by atoms with Crippen molar-refractivity contribution in [2.45, 2.75) is 20.4 Å². The predicted octanol–water partition coefficient (Wildman–Crippen LogP) is 2.54. The molecule has 0 radical (unpaired) electrons. The number of hydrogen-bond acceptors (Lipinski definition) is 4. The third kappa shape index (κ3) is 2.52. The Balaban J connectivity index is 2.46. The summed E-state index contributed by atoms with van der Waals surface area (Å²) < 4.78 is 20.3. The van der Waals surface area contributed by atoms with Crippen molar-refractivity contribution in [1.29, 1.82) is 0 Å². The first-order valence-corrected chi connectivity index (χ1v) is 6.22. The lowest BCUT2D eigenvalue weighted by Crippen LogP contribution is -2.07. The number of nitrogens with one attached hydrogen (secondary N) is 1. The molecule has 1 N–H and O–H groups in total. The van der Waals surface area contributed by atoms with E-state index in [1.165, 1.54) is 13.2 Å². The summed E-state index contributed by atoms with van der Waals surface area (Å²) in [5.74, 6) is 1.22. The molecule has 0 aliphatic carbocycles. The smallest absolute Gasteiger partial charge is 0.224 e. The van der Waals surface area contributed by atoms with Gasteiger partial charge in [0.2, 0.25) is 5.95 Å². The molecular weight excluding hydrogens is 247 g/mol. The van der Waals surface area contributed by atoms with E-state index in [0.717, 1.165) is 18.7 Å². The molecule has 6 heteroatoms. The van der Waals surface area contributed by atoms with Crippen molar-refractivity contribution in [2.24, 2.45) is 0 Å². The molecule has 0 saturated heterocycles. The molecule has 1 heterocycles. The maximum absolute atomic E-state index is 13.4. The average molecular weight is 264 g/mol. The lowest BCUT2D eigenvalue weighted by atomic mass is 10.2. The highest BCUT2D eigenvalue weighted by atomic mass is 19.1. The van der Waals surface area contributed by atoms with Gasteiger partial charge in [-0.1, -0.05) is 0 Å². The largest absolute Gasteiger partial charge is 0.494 e. The molecule has 0 aliphatic rings. The molecule has 0 atom stereocenters. The van der Waals surface area contributed by atoms with Crippen LogP contribution in [-0.4, -0.2) is 28.4 Å².